The fourth-order valence-electron chi connectivity index (χ4n) is 2.13. The number of benzene rings is 1. The van der Waals surface area contributed by atoms with Crippen molar-refractivity contribution in [2.75, 3.05) is 23.8 Å². The van der Waals surface area contributed by atoms with Gasteiger partial charge in [0.1, 0.15) is 17.5 Å². The summed E-state index contributed by atoms with van der Waals surface area (Å²) in [5, 5.41) is 3.32. The van der Waals surface area contributed by atoms with Crippen LogP contribution in [0.15, 0.2) is 30.3 Å². The second-order valence-electron chi connectivity index (χ2n) is 4.93. The van der Waals surface area contributed by atoms with Crippen LogP contribution in [0.1, 0.15) is 24.7 Å². The van der Waals surface area contributed by atoms with Gasteiger partial charge in [0.05, 0.1) is 0 Å². The van der Waals surface area contributed by atoms with E-state index in [9.17, 15) is 0 Å². The average molecular weight is 270 g/mol. The summed E-state index contributed by atoms with van der Waals surface area (Å²) in [6.07, 6.45) is 1.08. The van der Waals surface area contributed by atoms with Crippen molar-refractivity contribution in [1.29, 1.82) is 0 Å². The molecule has 0 aliphatic heterocycles. The minimum Gasteiger partial charge on any atom is -0.370 e. The normalized spacial score (nSPS) is 10.4. The van der Waals surface area contributed by atoms with Gasteiger partial charge >= 0.3 is 0 Å². The van der Waals surface area contributed by atoms with E-state index in [1.807, 2.05) is 32.2 Å². The molecule has 1 aromatic carbocycles. The SMILES string of the molecule is CCCNc1cc(N(C)c2ccccc2C)nc(C)n1. The maximum absolute atomic E-state index is 4.53. The van der Waals surface area contributed by atoms with Crippen LogP contribution >= 0.6 is 0 Å². The van der Waals surface area contributed by atoms with Crippen LogP contribution in [0.2, 0.25) is 0 Å². The van der Waals surface area contributed by atoms with Gasteiger partial charge in [0.15, 0.2) is 0 Å². The molecule has 0 unspecified atom stereocenters. The molecule has 1 aromatic heterocycles. The number of nitrogens with one attached hydrogen (secondary N) is 1. The topological polar surface area (TPSA) is 41.0 Å². The number of aryl methyl sites for hydroxylation is 2. The first-order valence-corrected chi connectivity index (χ1v) is 7.00. The molecule has 0 amide bonds. The first-order chi connectivity index (χ1) is 9.61. The summed E-state index contributed by atoms with van der Waals surface area (Å²) < 4.78 is 0. The third-order valence-electron chi connectivity index (χ3n) is 3.20. The number of nitrogens with zero attached hydrogens (tertiary/aromatic N) is 3. The van der Waals surface area contributed by atoms with Crippen LogP contribution in [0.25, 0.3) is 0 Å². The Labute approximate surface area is 120 Å². The smallest absolute Gasteiger partial charge is 0.138 e. The molecule has 1 heterocycles. The van der Waals surface area contributed by atoms with Crippen molar-refractivity contribution in [3.05, 3.63) is 41.7 Å². The molecule has 1 N–H and O–H groups in total. The van der Waals surface area contributed by atoms with Gasteiger partial charge < -0.3 is 10.2 Å². The Balaban J connectivity index is 2.32. The maximum atomic E-state index is 4.53. The van der Waals surface area contributed by atoms with Crippen molar-refractivity contribution in [1.82, 2.24) is 9.97 Å². The highest BCUT2D eigenvalue weighted by Crippen LogP contribution is 2.26. The second kappa shape index (κ2) is 6.37. The fourth-order valence-corrected chi connectivity index (χ4v) is 2.13. The molecular formula is C16H22N4. The van der Waals surface area contributed by atoms with Gasteiger partial charge in [-0.3, -0.25) is 0 Å². The van der Waals surface area contributed by atoms with Crippen molar-refractivity contribution < 1.29 is 0 Å². The number of anilines is 3. The molecule has 0 atom stereocenters. The minimum absolute atomic E-state index is 0.779. The van der Waals surface area contributed by atoms with E-state index in [1.54, 1.807) is 0 Å². The number of aromatic nitrogens is 2. The largest absolute Gasteiger partial charge is 0.370 e. The quantitative estimate of drug-likeness (QED) is 0.899. The highest BCUT2D eigenvalue weighted by molar-refractivity contribution is 5.64. The van der Waals surface area contributed by atoms with E-state index in [4.69, 9.17) is 0 Å². The summed E-state index contributed by atoms with van der Waals surface area (Å²) in [5.41, 5.74) is 2.39. The Bertz CT molecular complexity index is 580. The molecule has 0 aliphatic carbocycles. The predicted molar refractivity (Wildman–Crippen MR) is 84.8 cm³/mol. The monoisotopic (exact) mass is 270 g/mol. The van der Waals surface area contributed by atoms with Gasteiger partial charge in [-0.25, -0.2) is 9.97 Å². The van der Waals surface area contributed by atoms with Gasteiger partial charge in [-0.2, -0.15) is 0 Å². The van der Waals surface area contributed by atoms with Crippen molar-refractivity contribution in [3.63, 3.8) is 0 Å². The van der Waals surface area contributed by atoms with Gasteiger partial charge in [0, 0.05) is 25.3 Å². The van der Waals surface area contributed by atoms with Gasteiger partial charge in [0.2, 0.25) is 0 Å². The van der Waals surface area contributed by atoms with E-state index >= 15 is 0 Å². The molecule has 0 saturated carbocycles. The fraction of sp³-hybridized carbons (Fsp3) is 0.375. The Kier molecular flexibility index (Phi) is 4.56. The maximum Gasteiger partial charge on any atom is 0.138 e. The second-order valence-corrected chi connectivity index (χ2v) is 4.93. The zero-order valence-electron chi connectivity index (χ0n) is 12.6. The zero-order valence-corrected chi connectivity index (χ0v) is 12.6. The Morgan fingerprint density at radius 3 is 2.60 bits per heavy atom. The van der Waals surface area contributed by atoms with Crippen LogP contribution in [0.5, 0.6) is 0 Å². The molecule has 0 spiro atoms. The van der Waals surface area contributed by atoms with Crippen LogP contribution < -0.4 is 10.2 Å². The third kappa shape index (κ3) is 3.26. The minimum atomic E-state index is 0.779. The molecule has 0 aliphatic rings. The number of para-hydroxylation sites is 1. The first kappa shape index (κ1) is 14.3. The third-order valence-corrected chi connectivity index (χ3v) is 3.20. The molecule has 20 heavy (non-hydrogen) atoms. The Morgan fingerprint density at radius 2 is 1.90 bits per heavy atom. The highest BCUT2D eigenvalue weighted by atomic mass is 15.2. The molecule has 4 nitrogen and oxygen atoms in total. The van der Waals surface area contributed by atoms with Crippen LogP contribution in [-0.4, -0.2) is 23.6 Å². The predicted octanol–water partition coefficient (Wildman–Crippen LogP) is 3.68. The van der Waals surface area contributed by atoms with Gasteiger partial charge in [0.25, 0.3) is 0 Å². The summed E-state index contributed by atoms with van der Waals surface area (Å²) >= 11 is 0. The van der Waals surface area contributed by atoms with E-state index in [0.717, 1.165) is 36.1 Å². The van der Waals surface area contributed by atoms with Crippen molar-refractivity contribution >= 4 is 17.3 Å². The Morgan fingerprint density at radius 1 is 1.15 bits per heavy atom. The summed E-state index contributed by atoms with van der Waals surface area (Å²) in [6.45, 7) is 7.09. The molecule has 0 saturated heterocycles. The van der Waals surface area contributed by atoms with Crippen molar-refractivity contribution in [3.8, 4) is 0 Å². The van der Waals surface area contributed by atoms with E-state index in [0.29, 0.717) is 0 Å². The van der Waals surface area contributed by atoms with E-state index in [2.05, 4.69) is 46.2 Å². The molecule has 0 bridgehead atoms. The van der Waals surface area contributed by atoms with Crippen LogP contribution in [-0.2, 0) is 0 Å². The van der Waals surface area contributed by atoms with Gasteiger partial charge in [-0.15, -0.1) is 0 Å². The lowest BCUT2D eigenvalue weighted by atomic mass is 10.2. The van der Waals surface area contributed by atoms with E-state index in [-0.39, 0.29) is 0 Å². The standard InChI is InChI=1S/C16H22N4/c1-5-10-17-15-11-16(19-13(3)18-15)20(4)14-9-7-6-8-12(14)2/h6-9,11H,5,10H2,1-4H3,(H,17,18,19). The van der Waals surface area contributed by atoms with Gasteiger partial charge in [-0.05, 0) is 31.9 Å². The molecule has 106 valence electrons. The first-order valence-electron chi connectivity index (χ1n) is 7.00. The summed E-state index contributed by atoms with van der Waals surface area (Å²) in [4.78, 5) is 11.1. The van der Waals surface area contributed by atoms with Crippen LogP contribution in [0, 0.1) is 13.8 Å². The lowest BCUT2D eigenvalue weighted by molar-refractivity contribution is 0.948. The van der Waals surface area contributed by atoms with Crippen LogP contribution in [0.4, 0.5) is 17.3 Å². The van der Waals surface area contributed by atoms with Gasteiger partial charge in [-0.1, -0.05) is 25.1 Å². The molecule has 0 fully saturated rings. The molecule has 2 rings (SSSR count). The molecule has 4 heteroatoms. The number of rotatable bonds is 5. The van der Waals surface area contributed by atoms with Crippen molar-refractivity contribution in [2.24, 2.45) is 0 Å². The molecule has 0 radical (unpaired) electrons. The lowest BCUT2D eigenvalue weighted by Gasteiger charge is -2.21. The average Bonchev–Trinajstić information content (AvgIpc) is 2.44. The van der Waals surface area contributed by atoms with Crippen LogP contribution in [0.3, 0.4) is 0 Å². The van der Waals surface area contributed by atoms with E-state index < -0.39 is 0 Å². The van der Waals surface area contributed by atoms with Crippen molar-refractivity contribution in [2.45, 2.75) is 27.2 Å². The molecular weight excluding hydrogens is 248 g/mol. The Hall–Kier alpha value is -2.10. The lowest BCUT2D eigenvalue weighted by Crippen LogP contribution is -2.14. The van der Waals surface area contributed by atoms with E-state index in [1.165, 1.54) is 5.56 Å². The number of hydrogen-bond donors (Lipinski definition) is 1. The number of hydrogen-bond acceptors (Lipinski definition) is 4. The summed E-state index contributed by atoms with van der Waals surface area (Å²) in [7, 11) is 2.04. The molecule has 2 aromatic rings. The highest BCUT2D eigenvalue weighted by Gasteiger charge is 2.10. The summed E-state index contributed by atoms with van der Waals surface area (Å²) in [6, 6.07) is 10.3. The zero-order chi connectivity index (χ0) is 14.5. The summed E-state index contributed by atoms with van der Waals surface area (Å²) in [5.74, 6) is 2.57.